The lowest BCUT2D eigenvalue weighted by atomic mass is 9.78. The average molecular weight is 533 g/mol. The molecule has 0 radical (unpaired) electrons. The second-order valence-corrected chi connectivity index (χ2v) is 10.5. The molecule has 3 saturated heterocycles. The summed E-state index contributed by atoms with van der Waals surface area (Å²) in [6.45, 7) is 5.21. The van der Waals surface area contributed by atoms with Crippen LogP contribution >= 0.6 is 0 Å². The average Bonchev–Trinajstić information content (AvgIpc) is 3.50. The number of anilines is 2. The van der Waals surface area contributed by atoms with E-state index in [1.807, 2.05) is 4.90 Å². The normalized spacial score (nSPS) is 22.0. The molecule has 0 N–H and O–H groups in total. The second-order valence-electron chi connectivity index (χ2n) is 10.5. The van der Waals surface area contributed by atoms with Crippen LogP contribution in [-0.4, -0.2) is 69.6 Å². The highest BCUT2D eigenvalue weighted by Crippen LogP contribution is 2.43. The molecule has 3 aliphatic heterocycles. The van der Waals surface area contributed by atoms with E-state index in [0.29, 0.717) is 48.3 Å². The van der Waals surface area contributed by atoms with Crippen molar-refractivity contribution in [2.24, 2.45) is 5.41 Å². The number of nitrogens with zero attached hydrogens (tertiary/aromatic N) is 8. The molecule has 3 aliphatic rings. The minimum absolute atomic E-state index is 0.0339. The molecular formula is C25H31F3N8O2. The van der Waals surface area contributed by atoms with Crippen LogP contribution in [-0.2, 0) is 10.9 Å². The van der Waals surface area contributed by atoms with Crippen molar-refractivity contribution < 1.29 is 22.6 Å². The molecule has 0 saturated carbocycles. The fourth-order valence-electron chi connectivity index (χ4n) is 5.87. The lowest BCUT2D eigenvalue weighted by Crippen LogP contribution is -2.42. The third-order valence-electron chi connectivity index (χ3n) is 7.99. The zero-order chi connectivity index (χ0) is 26.5. The Kier molecular flexibility index (Phi) is 6.28. The molecule has 0 amide bonds. The SMILES string of the molecule is COc1nn(C2CCCCO2)c2nc(N3CCC4(CCN(c5cc(C)nc(C(F)(F)F)n5)C4)CC3)cnc12. The summed E-state index contributed by atoms with van der Waals surface area (Å²) < 4.78 is 53.0. The fraction of sp³-hybridized carbons (Fsp3) is 0.640. The summed E-state index contributed by atoms with van der Waals surface area (Å²) in [6.07, 6.45) is 2.73. The first-order valence-electron chi connectivity index (χ1n) is 13.1. The lowest BCUT2D eigenvalue weighted by molar-refractivity contribution is -0.145. The number of hydrogen-bond donors (Lipinski definition) is 0. The van der Waals surface area contributed by atoms with E-state index < -0.39 is 12.0 Å². The molecule has 1 unspecified atom stereocenters. The quantitative estimate of drug-likeness (QED) is 0.491. The Morgan fingerprint density at radius 2 is 1.79 bits per heavy atom. The highest BCUT2D eigenvalue weighted by Gasteiger charge is 2.42. The number of hydrogen-bond acceptors (Lipinski definition) is 9. The van der Waals surface area contributed by atoms with Crippen LogP contribution in [0.25, 0.3) is 11.2 Å². The molecule has 13 heteroatoms. The number of alkyl halides is 3. The van der Waals surface area contributed by atoms with Crippen molar-refractivity contribution in [2.45, 2.75) is 57.9 Å². The molecule has 3 fully saturated rings. The van der Waals surface area contributed by atoms with Crippen LogP contribution in [0, 0.1) is 12.3 Å². The summed E-state index contributed by atoms with van der Waals surface area (Å²) >= 11 is 0. The number of aryl methyl sites for hydroxylation is 1. The smallest absolute Gasteiger partial charge is 0.451 e. The largest absolute Gasteiger partial charge is 0.478 e. The topological polar surface area (TPSA) is 94.3 Å². The Morgan fingerprint density at radius 1 is 1.03 bits per heavy atom. The Hall–Kier alpha value is -3.22. The van der Waals surface area contributed by atoms with Gasteiger partial charge in [0.15, 0.2) is 17.4 Å². The van der Waals surface area contributed by atoms with Gasteiger partial charge in [-0.15, -0.1) is 5.10 Å². The van der Waals surface area contributed by atoms with E-state index >= 15 is 0 Å². The van der Waals surface area contributed by atoms with Gasteiger partial charge in [-0.05, 0) is 50.9 Å². The zero-order valence-electron chi connectivity index (χ0n) is 21.5. The van der Waals surface area contributed by atoms with Crippen molar-refractivity contribution in [3.63, 3.8) is 0 Å². The fourth-order valence-corrected chi connectivity index (χ4v) is 5.87. The van der Waals surface area contributed by atoms with Crippen molar-refractivity contribution in [1.29, 1.82) is 0 Å². The summed E-state index contributed by atoms with van der Waals surface area (Å²) in [5, 5.41) is 4.58. The molecule has 1 atom stereocenters. The number of piperidine rings is 1. The molecule has 204 valence electrons. The monoisotopic (exact) mass is 532 g/mol. The van der Waals surface area contributed by atoms with Crippen molar-refractivity contribution in [3.05, 3.63) is 23.8 Å². The maximum Gasteiger partial charge on any atom is 0.451 e. The molecule has 0 bridgehead atoms. The van der Waals surface area contributed by atoms with Crippen molar-refractivity contribution in [2.75, 3.05) is 49.7 Å². The summed E-state index contributed by atoms with van der Waals surface area (Å²) in [5.41, 5.74) is 1.62. The van der Waals surface area contributed by atoms with E-state index in [2.05, 4.69) is 25.0 Å². The molecule has 10 nitrogen and oxygen atoms in total. The Balaban J connectivity index is 1.18. The summed E-state index contributed by atoms with van der Waals surface area (Å²) in [5.74, 6) is 0.493. The molecule has 1 spiro atoms. The Morgan fingerprint density at radius 3 is 2.47 bits per heavy atom. The summed E-state index contributed by atoms with van der Waals surface area (Å²) in [6, 6.07) is 1.64. The standard InChI is InChI=1S/C25H31F3N8O2/c1-16-13-17(32-23(30-16)25(26,27)28)35-11-8-24(15-35)6-9-34(10-7-24)18-14-29-20-21(31-18)36(33-22(20)37-2)19-5-3-4-12-38-19/h13-14,19H,3-12,15H2,1-2H3. The van der Waals surface area contributed by atoms with Gasteiger partial charge in [-0.3, -0.25) is 0 Å². The molecule has 3 aromatic heterocycles. The minimum Gasteiger partial charge on any atom is -0.478 e. The van der Waals surface area contributed by atoms with Gasteiger partial charge in [0.1, 0.15) is 11.6 Å². The Labute approximate surface area is 218 Å². The Bertz CT molecular complexity index is 1320. The molecule has 3 aromatic rings. The van der Waals surface area contributed by atoms with Gasteiger partial charge in [-0.25, -0.2) is 24.6 Å². The van der Waals surface area contributed by atoms with E-state index in [-0.39, 0.29) is 11.6 Å². The van der Waals surface area contributed by atoms with Gasteiger partial charge in [0.2, 0.25) is 5.82 Å². The van der Waals surface area contributed by atoms with E-state index in [1.54, 1.807) is 31.0 Å². The lowest BCUT2D eigenvalue weighted by Gasteiger charge is -2.39. The number of aromatic nitrogens is 6. The van der Waals surface area contributed by atoms with Crippen LogP contribution in [0.5, 0.6) is 5.88 Å². The predicted octanol–water partition coefficient (Wildman–Crippen LogP) is 4.15. The molecule has 0 aromatic carbocycles. The molecule has 6 heterocycles. The number of methoxy groups -OCH3 is 1. The van der Waals surface area contributed by atoms with Gasteiger partial charge in [0.05, 0.1) is 13.3 Å². The summed E-state index contributed by atoms with van der Waals surface area (Å²) in [4.78, 5) is 21.2. The third kappa shape index (κ3) is 4.61. The highest BCUT2D eigenvalue weighted by atomic mass is 19.4. The van der Waals surface area contributed by atoms with Crippen molar-refractivity contribution in [1.82, 2.24) is 29.7 Å². The van der Waals surface area contributed by atoms with Gasteiger partial charge in [-0.2, -0.15) is 13.2 Å². The first-order valence-corrected chi connectivity index (χ1v) is 13.1. The molecule has 0 aliphatic carbocycles. The van der Waals surface area contributed by atoms with E-state index in [1.165, 1.54) is 0 Å². The maximum atomic E-state index is 13.3. The van der Waals surface area contributed by atoms with Crippen LogP contribution in [0.2, 0.25) is 0 Å². The molecule has 6 rings (SSSR count). The first kappa shape index (κ1) is 25.1. The third-order valence-corrected chi connectivity index (χ3v) is 7.99. The van der Waals surface area contributed by atoms with Gasteiger partial charge in [0, 0.05) is 44.5 Å². The zero-order valence-corrected chi connectivity index (χ0v) is 21.5. The van der Waals surface area contributed by atoms with Crippen LogP contribution in [0.1, 0.15) is 56.3 Å². The number of halogens is 3. The first-order chi connectivity index (χ1) is 18.2. The number of fused-ring (bicyclic) bond motifs is 1. The van der Waals surface area contributed by atoms with Crippen LogP contribution in [0.15, 0.2) is 12.3 Å². The highest BCUT2D eigenvalue weighted by molar-refractivity contribution is 5.78. The van der Waals surface area contributed by atoms with Gasteiger partial charge in [0.25, 0.3) is 5.88 Å². The van der Waals surface area contributed by atoms with Crippen molar-refractivity contribution >= 4 is 22.8 Å². The predicted molar refractivity (Wildman–Crippen MR) is 133 cm³/mol. The second kappa shape index (κ2) is 9.51. The van der Waals surface area contributed by atoms with Gasteiger partial charge in [-0.1, -0.05) is 0 Å². The van der Waals surface area contributed by atoms with E-state index in [4.69, 9.17) is 14.5 Å². The molecular weight excluding hydrogens is 501 g/mol. The van der Waals surface area contributed by atoms with Gasteiger partial charge < -0.3 is 19.3 Å². The van der Waals surface area contributed by atoms with E-state index in [9.17, 15) is 13.2 Å². The maximum absolute atomic E-state index is 13.3. The summed E-state index contributed by atoms with van der Waals surface area (Å²) in [7, 11) is 1.57. The minimum atomic E-state index is -4.56. The van der Waals surface area contributed by atoms with Crippen LogP contribution in [0.4, 0.5) is 24.8 Å². The van der Waals surface area contributed by atoms with Crippen LogP contribution in [0.3, 0.4) is 0 Å². The van der Waals surface area contributed by atoms with Gasteiger partial charge >= 0.3 is 6.18 Å². The van der Waals surface area contributed by atoms with E-state index in [0.717, 1.165) is 57.4 Å². The van der Waals surface area contributed by atoms with Crippen molar-refractivity contribution in [3.8, 4) is 5.88 Å². The number of ether oxygens (including phenoxy) is 2. The molecule has 38 heavy (non-hydrogen) atoms. The number of rotatable bonds is 4. The van der Waals surface area contributed by atoms with Crippen LogP contribution < -0.4 is 14.5 Å².